The van der Waals surface area contributed by atoms with Crippen LogP contribution in [0, 0.1) is 0 Å². The zero-order chi connectivity index (χ0) is 23.3. The Morgan fingerprint density at radius 2 is 1.62 bits per heavy atom. The summed E-state index contributed by atoms with van der Waals surface area (Å²) in [7, 11) is 0. The molecule has 34 heavy (non-hydrogen) atoms. The minimum absolute atomic E-state index is 0.0350. The first-order valence-corrected chi connectivity index (χ1v) is 11.0. The van der Waals surface area contributed by atoms with E-state index in [1.807, 2.05) is 72.8 Å². The number of benzene rings is 3. The number of hydrogen-bond donors (Lipinski definition) is 2. The van der Waals surface area contributed by atoms with E-state index in [0.29, 0.717) is 17.7 Å². The van der Waals surface area contributed by atoms with Crippen molar-refractivity contribution in [2.24, 2.45) is 0 Å². The van der Waals surface area contributed by atoms with Crippen LogP contribution in [-0.4, -0.2) is 34.3 Å². The topological polar surface area (TPSA) is 91.4 Å². The molecular weight excluding hydrogens is 428 g/mol. The molecule has 1 aromatic heterocycles. The minimum Gasteiger partial charge on any atom is -0.331 e. The average Bonchev–Trinajstić information content (AvgIpc) is 3.34. The van der Waals surface area contributed by atoms with Gasteiger partial charge in [-0.1, -0.05) is 66.7 Å². The number of aromatic nitrogens is 1. The lowest BCUT2D eigenvalue weighted by Crippen LogP contribution is -2.52. The van der Waals surface area contributed by atoms with Gasteiger partial charge in [-0.2, -0.15) is 0 Å². The van der Waals surface area contributed by atoms with Crippen molar-refractivity contribution in [2.75, 3.05) is 6.54 Å². The van der Waals surface area contributed by atoms with Gasteiger partial charge in [-0.05, 0) is 28.8 Å². The highest BCUT2D eigenvalue weighted by atomic mass is 16.2. The van der Waals surface area contributed by atoms with Crippen LogP contribution in [0.4, 0.5) is 4.79 Å². The largest absolute Gasteiger partial charge is 0.331 e. The molecule has 0 radical (unpaired) electrons. The monoisotopic (exact) mass is 448 g/mol. The summed E-state index contributed by atoms with van der Waals surface area (Å²) in [5, 5.41) is 6.18. The summed E-state index contributed by atoms with van der Waals surface area (Å²) in [6, 6.07) is 24.2. The van der Waals surface area contributed by atoms with Crippen LogP contribution >= 0.6 is 0 Å². The Morgan fingerprint density at radius 3 is 2.38 bits per heavy atom. The molecule has 1 saturated heterocycles. The first kappa shape index (κ1) is 20.1. The summed E-state index contributed by atoms with van der Waals surface area (Å²) in [4.78, 5) is 44.4. The molecule has 6 rings (SSSR count). The number of urea groups is 1. The Labute approximate surface area is 195 Å². The smallest absolute Gasteiger partial charge is 0.322 e. The third kappa shape index (κ3) is 3.05. The second kappa shape index (κ2) is 7.52. The van der Waals surface area contributed by atoms with Crippen molar-refractivity contribution in [1.29, 1.82) is 0 Å². The standard InChI is InChI=1S/C27H20N4O3/c32-24-22-8-2-1-5-19(22)15-31(24)16-27(25(33)29-26(34)30-27)20-12-10-17(11-13-20)21-9-3-6-18-7-4-14-28-23(18)21/h1-14H,15-16H2,(H2,29,30,33,34)/t27-/m0/s1. The normalized spacial score (nSPS) is 19.3. The van der Waals surface area contributed by atoms with Crippen molar-refractivity contribution in [3.63, 3.8) is 0 Å². The van der Waals surface area contributed by atoms with Crippen molar-refractivity contribution in [2.45, 2.75) is 12.1 Å². The maximum Gasteiger partial charge on any atom is 0.322 e. The maximum atomic E-state index is 13.1. The number of carbonyl (C=O) groups excluding carboxylic acids is 3. The van der Waals surface area contributed by atoms with E-state index in [1.165, 1.54) is 0 Å². The highest BCUT2D eigenvalue weighted by Crippen LogP contribution is 2.33. The van der Waals surface area contributed by atoms with Crippen molar-refractivity contribution in [3.8, 4) is 11.1 Å². The molecule has 1 fully saturated rings. The first-order chi connectivity index (χ1) is 16.5. The number of rotatable bonds is 4. The molecule has 0 unspecified atom stereocenters. The van der Waals surface area contributed by atoms with Crippen LogP contribution in [0.25, 0.3) is 22.0 Å². The van der Waals surface area contributed by atoms with Gasteiger partial charge in [0.2, 0.25) is 0 Å². The Morgan fingerprint density at radius 1 is 0.853 bits per heavy atom. The van der Waals surface area contributed by atoms with E-state index in [9.17, 15) is 14.4 Å². The van der Waals surface area contributed by atoms with Crippen LogP contribution in [-0.2, 0) is 16.9 Å². The lowest BCUT2D eigenvalue weighted by atomic mass is 9.87. The summed E-state index contributed by atoms with van der Waals surface area (Å²) < 4.78 is 0. The lowest BCUT2D eigenvalue weighted by Gasteiger charge is -2.31. The van der Waals surface area contributed by atoms with Crippen LogP contribution < -0.4 is 10.6 Å². The predicted octanol–water partition coefficient (Wildman–Crippen LogP) is 3.59. The van der Waals surface area contributed by atoms with Crippen molar-refractivity contribution >= 4 is 28.7 Å². The van der Waals surface area contributed by atoms with E-state index >= 15 is 0 Å². The number of para-hydroxylation sites is 1. The minimum atomic E-state index is -1.37. The van der Waals surface area contributed by atoms with Gasteiger partial charge in [-0.3, -0.25) is 19.9 Å². The third-order valence-electron chi connectivity index (χ3n) is 6.59. The Balaban J connectivity index is 1.37. The quantitative estimate of drug-likeness (QED) is 0.467. The summed E-state index contributed by atoms with van der Waals surface area (Å²) in [6.07, 6.45) is 1.76. The van der Waals surface area contributed by atoms with Gasteiger partial charge < -0.3 is 10.2 Å². The molecule has 0 spiro atoms. The van der Waals surface area contributed by atoms with Crippen LogP contribution in [0.2, 0.25) is 0 Å². The molecule has 2 aliphatic heterocycles. The Bertz CT molecular complexity index is 1480. The molecule has 0 bridgehead atoms. The summed E-state index contributed by atoms with van der Waals surface area (Å²) in [6.45, 7) is 0.424. The number of nitrogens with one attached hydrogen (secondary N) is 2. The Kier molecular flexibility index (Phi) is 4.45. The molecular formula is C27H20N4O3. The zero-order valence-corrected chi connectivity index (χ0v) is 18.1. The van der Waals surface area contributed by atoms with E-state index in [1.54, 1.807) is 17.2 Å². The fraction of sp³-hybridized carbons (Fsp3) is 0.111. The zero-order valence-electron chi connectivity index (χ0n) is 18.1. The molecule has 166 valence electrons. The van der Waals surface area contributed by atoms with Crippen molar-refractivity contribution < 1.29 is 14.4 Å². The molecule has 4 aromatic rings. The predicted molar refractivity (Wildman–Crippen MR) is 127 cm³/mol. The third-order valence-corrected chi connectivity index (χ3v) is 6.59. The maximum absolute atomic E-state index is 13.1. The number of carbonyl (C=O) groups is 3. The van der Waals surface area contributed by atoms with Gasteiger partial charge in [0.15, 0.2) is 5.54 Å². The number of fused-ring (bicyclic) bond motifs is 2. The van der Waals surface area contributed by atoms with Gasteiger partial charge in [0.25, 0.3) is 11.8 Å². The molecule has 3 heterocycles. The molecule has 0 saturated carbocycles. The van der Waals surface area contributed by atoms with Crippen LogP contribution in [0.5, 0.6) is 0 Å². The molecule has 0 aliphatic carbocycles. The van der Waals surface area contributed by atoms with Crippen LogP contribution in [0.1, 0.15) is 21.5 Å². The van der Waals surface area contributed by atoms with E-state index in [2.05, 4.69) is 15.6 Å². The molecule has 3 aromatic carbocycles. The van der Waals surface area contributed by atoms with Crippen LogP contribution in [0.3, 0.4) is 0 Å². The fourth-order valence-electron chi connectivity index (χ4n) is 4.90. The van der Waals surface area contributed by atoms with Gasteiger partial charge in [0.05, 0.1) is 12.1 Å². The lowest BCUT2D eigenvalue weighted by molar-refractivity contribution is -0.124. The highest BCUT2D eigenvalue weighted by Gasteiger charge is 2.50. The number of imide groups is 1. The molecule has 7 nitrogen and oxygen atoms in total. The van der Waals surface area contributed by atoms with E-state index < -0.39 is 17.5 Å². The summed E-state index contributed by atoms with van der Waals surface area (Å²) in [5.74, 6) is -0.622. The number of hydrogen-bond acceptors (Lipinski definition) is 4. The van der Waals surface area contributed by atoms with Gasteiger partial charge in [-0.25, -0.2) is 4.79 Å². The summed E-state index contributed by atoms with van der Waals surface area (Å²) in [5.41, 5.74) is 3.58. The number of nitrogens with zero attached hydrogens (tertiary/aromatic N) is 2. The number of pyridine rings is 1. The van der Waals surface area contributed by atoms with E-state index in [4.69, 9.17) is 0 Å². The molecule has 2 N–H and O–H groups in total. The molecule has 2 aliphatic rings. The SMILES string of the molecule is O=C1NC(=O)[C@](CN2Cc3ccccc3C2=O)(c2ccc(-c3cccc4cccnc34)cc2)N1. The van der Waals surface area contributed by atoms with E-state index in [-0.39, 0.29) is 12.5 Å². The highest BCUT2D eigenvalue weighted by molar-refractivity contribution is 6.08. The molecule has 4 amide bonds. The van der Waals surface area contributed by atoms with E-state index in [0.717, 1.165) is 27.6 Å². The van der Waals surface area contributed by atoms with Gasteiger partial charge in [0, 0.05) is 29.3 Å². The van der Waals surface area contributed by atoms with Gasteiger partial charge in [-0.15, -0.1) is 0 Å². The van der Waals surface area contributed by atoms with Crippen molar-refractivity contribution in [1.82, 2.24) is 20.5 Å². The average molecular weight is 448 g/mol. The second-order valence-corrected chi connectivity index (χ2v) is 8.59. The first-order valence-electron chi connectivity index (χ1n) is 11.0. The van der Waals surface area contributed by atoms with Crippen molar-refractivity contribution in [3.05, 3.63) is 102 Å². The fourth-order valence-corrected chi connectivity index (χ4v) is 4.90. The summed E-state index contributed by atoms with van der Waals surface area (Å²) >= 11 is 0. The van der Waals surface area contributed by atoms with Gasteiger partial charge >= 0.3 is 6.03 Å². The Hall–Kier alpha value is -4.52. The second-order valence-electron chi connectivity index (χ2n) is 8.59. The van der Waals surface area contributed by atoms with Gasteiger partial charge in [0.1, 0.15) is 0 Å². The number of amides is 4. The molecule has 7 heteroatoms. The van der Waals surface area contributed by atoms with Crippen LogP contribution in [0.15, 0.2) is 85.1 Å². The molecule has 1 atom stereocenters.